The summed E-state index contributed by atoms with van der Waals surface area (Å²) in [5.41, 5.74) is 2.14. The van der Waals surface area contributed by atoms with Gasteiger partial charge in [-0.15, -0.1) is 10.2 Å². The van der Waals surface area contributed by atoms with Crippen molar-refractivity contribution in [3.8, 4) is 5.69 Å². The van der Waals surface area contributed by atoms with E-state index in [2.05, 4.69) is 10.2 Å². The van der Waals surface area contributed by atoms with E-state index in [1.54, 1.807) is 16.7 Å². The standard InChI is InChI=1S/C19H25N5O3S/c1-4-27-19(26)23-11-9-22(10-12-23)17(25)13-28-18-21-20-15(3)24(18)16-8-6-5-7-14(16)2/h5-8H,4,9-13H2,1-3H3. The van der Waals surface area contributed by atoms with Gasteiger partial charge in [0, 0.05) is 26.2 Å². The Kier molecular flexibility index (Phi) is 6.56. The summed E-state index contributed by atoms with van der Waals surface area (Å²) < 4.78 is 6.99. The van der Waals surface area contributed by atoms with Gasteiger partial charge in [-0.25, -0.2) is 4.79 Å². The molecule has 0 unspecified atom stereocenters. The molecule has 2 amide bonds. The van der Waals surface area contributed by atoms with Gasteiger partial charge in [0.05, 0.1) is 18.0 Å². The van der Waals surface area contributed by atoms with Crippen LogP contribution in [0.4, 0.5) is 4.79 Å². The van der Waals surface area contributed by atoms with Crippen LogP contribution in [0.15, 0.2) is 29.4 Å². The number of piperazine rings is 1. The second kappa shape index (κ2) is 9.09. The van der Waals surface area contributed by atoms with Crippen molar-refractivity contribution in [2.45, 2.75) is 25.9 Å². The summed E-state index contributed by atoms with van der Waals surface area (Å²) in [4.78, 5) is 27.8. The van der Waals surface area contributed by atoms with Gasteiger partial charge in [0.2, 0.25) is 5.91 Å². The number of amides is 2. The van der Waals surface area contributed by atoms with Gasteiger partial charge in [-0.2, -0.15) is 0 Å². The zero-order valence-electron chi connectivity index (χ0n) is 16.4. The molecule has 1 aliphatic heterocycles. The lowest BCUT2D eigenvalue weighted by Crippen LogP contribution is -2.51. The number of benzene rings is 1. The van der Waals surface area contributed by atoms with E-state index in [0.29, 0.717) is 37.9 Å². The van der Waals surface area contributed by atoms with Crippen molar-refractivity contribution in [3.63, 3.8) is 0 Å². The molecular formula is C19H25N5O3S. The van der Waals surface area contributed by atoms with Crippen molar-refractivity contribution >= 4 is 23.8 Å². The number of nitrogens with zero attached hydrogens (tertiary/aromatic N) is 5. The van der Waals surface area contributed by atoms with Crippen LogP contribution >= 0.6 is 11.8 Å². The number of aryl methyl sites for hydroxylation is 2. The Balaban J connectivity index is 1.59. The van der Waals surface area contributed by atoms with Crippen LogP contribution in [0, 0.1) is 13.8 Å². The molecule has 1 saturated heterocycles. The van der Waals surface area contributed by atoms with Crippen LogP contribution in [0.1, 0.15) is 18.3 Å². The number of aromatic nitrogens is 3. The first-order chi connectivity index (χ1) is 13.5. The third-order valence-electron chi connectivity index (χ3n) is 4.63. The minimum atomic E-state index is -0.314. The van der Waals surface area contributed by atoms with Crippen LogP contribution in [0.25, 0.3) is 5.69 Å². The van der Waals surface area contributed by atoms with E-state index >= 15 is 0 Å². The van der Waals surface area contributed by atoms with Crippen molar-refractivity contribution in [2.75, 3.05) is 38.5 Å². The number of carbonyl (C=O) groups excluding carboxylic acids is 2. The van der Waals surface area contributed by atoms with Crippen molar-refractivity contribution in [1.29, 1.82) is 0 Å². The number of carbonyl (C=O) groups is 2. The second-order valence-electron chi connectivity index (χ2n) is 6.51. The predicted molar refractivity (Wildman–Crippen MR) is 107 cm³/mol. The molecule has 9 heteroatoms. The van der Waals surface area contributed by atoms with Gasteiger partial charge in [0.15, 0.2) is 5.16 Å². The van der Waals surface area contributed by atoms with Crippen LogP contribution in [-0.2, 0) is 9.53 Å². The second-order valence-corrected chi connectivity index (χ2v) is 7.45. The molecule has 0 saturated carbocycles. The third-order valence-corrected chi connectivity index (χ3v) is 5.55. The van der Waals surface area contributed by atoms with Crippen molar-refractivity contribution in [2.24, 2.45) is 0 Å². The Bertz CT molecular complexity index is 846. The highest BCUT2D eigenvalue weighted by Crippen LogP contribution is 2.24. The SMILES string of the molecule is CCOC(=O)N1CCN(C(=O)CSc2nnc(C)n2-c2ccccc2C)CC1. The average molecular weight is 404 g/mol. The van der Waals surface area contributed by atoms with Crippen LogP contribution in [-0.4, -0.2) is 75.1 Å². The summed E-state index contributed by atoms with van der Waals surface area (Å²) >= 11 is 1.38. The Labute approximate surface area is 168 Å². The zero-order chi connectivity index (χ0) is 20.1. The highest BCUT2D eigenvalue weighted by atomic mass is 32.2. The molecule has 8 nitrogen and oxygen atoms in total. The highest BCUT2D eigenvalue weighted by molar-refractivity contribution is 7.99. The first-order valence-corrected chi connectivity index (χ1v) is 10.3. The van der Waals surface area contributed by atoms with Crippen LogP contribution in [0.2, 0.25) is 0 Å². The molecule has 0 spiro atoms. The molecule has 1 aliphatic rings. The fraction of sp³-hybridized carbons (Fsp3) is 0.474. The maximum atomic E-state index is 12.6. The Morgan fingerprint density at radius 3 is 2.43 bits per heavy atom. The summed E-state index contributed by atoms with van der Waals surface area (Å²) in [5.74, 6) is 1.10. The van der Waals surface area contributed by atoms with Crippen LogP contribution in [0.3, 0.4) is 0 Å². The fourth-order valence-corrected chi connectivity index (χ4v) is 3.99. The minimum Gasteiger partial charge on any atom is -0.450 e. The van der Waals surface area contributed by atoms with Crippen LogP contribution in [0.5, 0.6) is 0 Å². The lowest BCUT2D eigenvalue weighted by molar-refractivity contribution is -0.129. The average Bonchev–Trinajstić information content (AvgIpc) is 3.07. The molecule has 1 aromatic heterocycles. The van der Waals surface area contributed by atoms with Gasteiger partial charge in [0.1, 0.15) is 5.82 Å². The Morgan fingerprint density at radius 1 is 1.07 bits per heavy atom. The largest absolute Gasteiger partial charge is 0.450 e. The van der Waals surface area contributed by atoms with Gasteiger partial charge in [-0.05, 0) is 32.4 Å². The normalized spacial score (nSPS) is 14.2. The molecule has 0 bridgehead atoms. The number of rotatable bonds is 5. The summed E-state index contributed by atoms with van der Waals surface area (Å²) in [5, 5.41) is 9.12. The molecule has 1 aromatic carbocycles. The molecule has 1 fully saturated rings. The number of hydrogen-bond donors (Lipinski definition) is 0. The van der Waals surface area contributed by atoms with Gasteiger partial charge in [-0.3, -0.25) is 9.36 Å². The third kappa shape index (κ3) is 4.46. The monoisotopic (exact) mass is 403 g/mol. The zero-order valence-corrected chi connectivity index (χ0v) is 17.2. The van der Waals surface area contributed by atoms with E-state index in [4.69, 9.17) is 4.74 Å². The molecule has 0 N–H and O–H groups in total. The van der Waals surface area contributed by atoms with Gasteiger partial charge >= 0.3 is 6.09 Å². The van der Waals surface area contributed by atoms with Crippen molar-refractivity contribution < 1.29 is 14.3 Å². The lowest BCUT2D eigenvalue weighted by atomic mass is 10.2. The summed E-state index contributed by atoms with van der Waals surface area (Å²) in [6.45, 7) is 8.10. The number of hydrogen-bond acceptors (Lipinski definition) is 6. The fourth-order valence-electron chi connectivity index (χ4n) is 3.10. The van der Waals surface area contributed by atoms with E-state index in [-0.39, 0.29) is 17.8 Å². The van der Waals surface area contributed by atoms with Gasteiger partial charge in [0.25, 0.3) is 0 Å². The topological polar surface area (TPSA) is 80.6 Å². The maximum Gasteiger partial charge on any atom is 0.409 e. The van der Waals surface area contributed by atoms with Gasteiger partial charge in [-0.1, -0.05) is 30.0 Å². The number of thioether (sulfide) groups is 1. The quantitative estimate of drug-likeness (QED) is 0.713. The molecule has 3 rings (SSSR count). The highest BCUT2D eigenvalue weighted by Gasteiger charge is 2.25. The molecule has 150 valence electrons. The number of ether oxygens (including phenoxy) is 1. The van der Waals surface area contributed by atoms with Crippen molar-refractivity contribution in [1.82, 2.24) is 24.6 Å². The van der Waals surface area contributed by atoms with E-state index in [9.17, 15) is 9.59 Å². The summed E-state index contributed by atoms with van der Waals surface area (Å²) in [6, 6.07) is 8.03. The van der Waals surface area contributed by atoms with Crippen LogP contribution < -0.4 is 0 Å². The first-order valence-electron chi connectivity index (χ1n) is 9.31. The van der Waals surface area contributed by atoms with E-state index in [0.717, 1.165) is 17.1 Å². The van der Waals surface area contributed by atoms with E-state index < -0.39 is 0 Å². The lowest BCUT2D eigenvalue weighted by Gasteiger charge is -2.34. The van der Waals surface area contributed by atoms with E-state index in [1.165, 1.54) is 11.8 Å². The Morgan fingerprint density at radius 2 is 1.75 bits per heavy atom. The molecular weight excluding hydrogens is 378 g/mol. The maximum absolute atomic E-state index is 12.6. The van der Waals surface area contributed by atoms with Gasteiger partial charge < -0.3 is 14.5 Å². The molecule has 2 heterocycles. The minimum absolute atomic E-state index is 0.0329. The van der Waals surface area contributed by atoms with E-state index in [1.807, 2.05) is 42.7 Å². The summed E-state index contributed by atoms with van der Waals surface area (Å²) in [7, 11) is 0. The molecule has 28 heavy (non-hydrogen) atoms. The molecule has 0 atom stereocenters. The Hall–Kier alpha value is -2.55. The predicted octanol–water partition coefficient (Wildman–Crippen LogP) is 2.28. The first kappa shape index (κ1) is 20.2. The van der Waals surface area contributed by atoms with Crippen molar-refractivity contribution in [3.05, 3.63) is 35.7 Å². The summed E-state index contributed by atoms with van der Waals surface area (Å²) in [6.07, 6.45) is -0.314. The molecule has 0 radical (unpaired) electrons. The molecule has 0 aliphatic carbocycles. The molecule has 2 aromatic rings. The number of para-hydroxylation sites is 1. The smallest absolute Gasteiger partial charge is 0.409 e.